The number of thioether (sulfide) groups is 1. The summed E-state index contributed by atoms with van der Waals surface area (Å²) in [7, 11) is 0. The topological polar surface area (TPSA) is 24.9 Å². The summed E-state index contributed by atoms with van der Waals surface area (Å²) in [6.07, 6.45) is 3.05. The fourth-order valence-corrected chi connectivity index (χ4v) is 2.32. The predicted molar refractivity (Wildman–Crippen MR) is 78.6 cm³/mol. The molecule has 0 fully saturated rings. The highest BCUT2D eigenvalue weighted by Gasteiger charge is 2.08. The van der Waals surface area contributed by atoms with Crippen LogP contribution in [0.1, 0.15) is 39.8 Å². The lowest BCUT2D eigenvalue weighted by atomic mass is 10.2. The lowest BCUT2D eigenvalue weighted by Crippen LogP contribution is -2.06. The van der Waals surface area contributed by atoms with Crippen molar-refractivity contribution in [3.63, 3.8) is 0 Å². The normalized spacial score (nSPS) is 12.8. The molecular formula is C14H24N2S. The van der Waals surface area contributed by atoms with Crippen LogP contribution < -0.4 is 5.32 Å². The summed E-state index contributed by atoms with van der Waals surface area (Å²) in [5.41, 5.74) is 2.36. The van der Waals surface area contributed by atoms with E-state index < -0.39 is 0 Å². The van der Waals surface area contributed by atoms with E-state index in [1.54, 1.807) is 0 Å². The van der Waals surface area contributed by atoms with Gasteiger partial charge in [0.2, 0.25) is 0 Å². The third kappa shape index (κ3) is 5.44. The molecule has 0 aliphatic carbocycles. The molecule has 0 spiro atoms. The first-order chi connectivity index (χ1) is 8.13. The van der Waals surface area contributed by atoms with Crippen LogP contribution in [0.15, 0.2) is 18.3 Å². The standard InChI is InChI=1S/C14H24N2S/c1-5-7-15-13-6-8-16-14(9-13)10-17-12(4)11(2)3/h6,8-9,11-12H,5,7,10H2,1-4H3,(H,15,16). The smallest absolute Gasteiger partial charge is 0.0523 e. The van der Waals surface area contributed by atoms with E-state index in [0.717, 1.165) is 24.6 Å². The van der Waals surface area contributed by atoms with Gasteiger partial charge in [-0.2, -0.15) is 11.8 Å². The van der Waals surface area contributed by atoms with Gasteiger partial charge in [0, 0.05) is 29.4 Å². The van der Waals surface area contributed by atoms with Gasteiger partial charge in [0.25, 0.3) is 0 Å². The van der Waals surface area contributed by atoms with Crippen LogP contribution in [0.3, 0.4) is 0 Å². The zero-order valence-electron chi connectivity index (χ0n) is 11.4. The first kappa shape index (κ1) is 14.4. The van der Waals surface area contributed by atoms with Gasteiger partial charge in [0.15, 0.2) is 0 Å². The Labute approximate surface area is 110 Å². The zero-order chi connectivity index (χ0) is 12.7. The summed E-state index contributed by atoms with van der Waals surface area (Å²) in [6, 6.07) is 4.20. The van der Waals surface area contributed by atoms with E-state index in [9.17, 15) is 0 Å². The first-order valence-corrected chi connectivity index (χ1v) is 7.48. The predicted octanol–water partition coefficient (Wildman–Crippen LogP) is 4.18. The number of aromatic nitrogens is 1. The maximum absolute atomic E-state index is 4.42. The third-order valence-corrected chi connectivity index (χ3v) is 4.36. The molecular weight excluding hydrogens is 228 g/mol. The molecule has 0 bridgehead atoms. The van der Waals surface area contributed by atoms with E-state index in [2.05, 4.69) is 44.1 Å². The zero-order valence-corrected chi connectivity index (χ0v) is 12.2. The Kier molecular flexibility index (Phi) is 6.41. The Morgan fingerprint density at radius 1 is 1.35 bits per heavy atom. The van der Waals surface area contributed by atoms with Crippen LogP contribution in [0.4, 0.5) is 5.69 Å². The number of rotatable bonds is 7. The van der Waals surface area contributed by atoms with Crippen molar-refractivity contribution in [2.45, 2.75) is 45.1 Å². The van der Waals surface area contributed by atoms with Gasteiger partial charge in [-0.25, -0.2) is 0 Å². The second kappa shape index (κ2) is 7.59. The Balaban J connectivity index is 2.48. The van der Waals surface area contributed by atoms with Crippen molar-refractivity contribution < 1.29 is 0 Å². The molecule has 2 nitrogen and oxygen atoms in total. The quantitative estimate of drug-likeness (QED) is 0.788. The molecule has 1 atom stereocenters. The number of nitrogens with one attached hydrogen (secondary N) is 1. The highest BCUT2D eigenvalue weighted by Crippen LogP contribution is 2.23. The summed E-state index contributed by atoms with van der Waals surface area (Å²) in [6.45, 7) is 10.0. The van der Waals surface area contributed by atoms with Crippen LogP contribution >= 0.6 is 11.8 Å². The third-order valence-electron chi connectivity index (χ3n) is 2.83. The first-order valence-electron chi connectivity index (χ1n) is 6.44. The maximum atomic E-state index is 4.42. The Morgan fingerprint density at radius 2 is 2.12 bits per heavy atom. The van der Waals surface area contributed by atoms with E-state index in [4.69, 9.17) is 0 Å². The van der Waals surface area contributed by atoms with Crippen molar-refractivity contribution in [3.05, 3.63) is 24.0 Å². The largest absolute Gasteiger partial charge is 0.385 e. The highest BCUT2D eigenvalue weighted by molar-refractivity contribution is 7.99. The van der Waals surface area contributed by atoms with Crippen molar-refractivity contribution in [3.8, 4) is 0 Å². The summed E-state index contributed by atoms with van der Waals surface area (Å²) in [4.78, 5) is 4.42. The minimum atomic E-state index is 0.684. The fourth-order valence-electron chi connectivity index (χ4n) is 1.35. The van der Waals surface area contributed by atoms with E-state index in [-0.39, 0.29) is 0 Å². The second-order valence-electron chi connectivity index (χ2n) is 4.72. The van der Waals surface area contributed by atoms with Gasteiger partial charge >= 0.3 is 0 Å². The van der Waals surface area contributed by atoms with Crippen LogP contribution in [-0.2, 0) is 5.75 Å². The molecule has 96 valence electrons. The van der Waals surface area contributed by atoms with Gasteiger partial charge < -0.3 is 5.32 Å². The molecule has 1 aromatic rings. The molecule has 1 aromatic heterocycles. The summed E-state index contributed by atoms with van der Waals surface area (Å²) >= 11 is 1.98. The van der Waals surface area contributed by atoms with E-state index in [1.807, 2.05) is 24.0 Å². The van der Waals surface area contributed by atoms with Gasteiger partial charge in [0.1, 0.15) is 0 Å². The molecule has 1 unspecified atom stereocenters. The monoisotopic (exact) mass is 252 g/mol. The van der Waals surface area contributed by atoms with Gasteiger partial charge in [0.05, 0.1) is 5.69 Å². The number of hydrogen-bond donors (Lipinski definition) is 1. The lowest BCUT2D eigenvalue weighted by molar-refractivity contribution is 0.642. The lowest BCUT2D eigenvalue weighted by Gasteiger charge is -2.14. The molecule has 1 heterocycles. The number of nitrogens with zero attached hydrogens (tertiary/aromatic N) is 1. The molecule has 3 heteroatoms. The Morgan fingerprint density at radius 3 is 2.76 bits per heavy atom. The van der Waals surface area contributed by atoms with E-state index in [1.165, 1.54) is 11.4 Å². The van der Waals surface area contributed by atoms with E-state index in [0.29, 0.717) is 5.25 Å². The molecule has 1 rings (SSSR count). The minimum absolute atomic E-state index is 0.684. The summed E-state index contributed by atoms with van der Waals surface area (Å²) in [5.74, 6) is 1.72. The number of pyridine rings is 1. The van der Waals surface area contributed by atoms with Crippen molar-refractivity contribution >= 4 is 17.4 Å². The highest BCUT2D eigenvalue weighted by atomic mass is 32.2. The van der Waals surface area contributed by atoms with Gasteiger partial charge in [-0.1, -0.05) is 27.7 Å². The summed E-state index contributed by atoms with van der Waals surface area (Å²) in [5, 5.41) is 4.08. The number of anilines is 1. The molecule has 0 radical (unpaired) electrons. The molecule has 1 N–H and O–H groups in total. The van der Waals surface area contributed by atoms with Crippen LogP contribution in [0.5, 0.6) is 0 Å². The SMILES string of the molecule is CCCNc1ccnc(CSC(C)C(C)C)c1. The van der Waals surface area contributed by atoms with Crippen molar-refractivity contribution in [1.29, 1.82) is 0 Å². The van der Waals surface area contributed by atoms with Crippen LogP contribution in [0.25, 0.3) is 0 Å². The number of hydrogen-bond acceptors (Lipinski definition) is 3. The van der Waals surface area contributed by atoms with Gasteiger partial charge in [-0.15, -0.1) is 0 Å². The maximum Gasteiger partial charge on any atom is 0.0523 e. The molecule has 0 saturated carbocycles. The van der Waals surface area contributed by atoms with Crippen molar-refractivity contribution in [1.82, 2.24) is 4.98 Å². The molecule has 0 aliphatic rings. The molecule has 17 heavy (non-hydrogen) atoms. The Hall–Kier alpha value is -0.700. The molecule has 0 saturated heterocycles. The van der Waals surface area contributed by atoms with Gasteiger partial charge in [-0.3, -0.25) is 4.98 Å². The average Bonchev–Trinajstić information content (AvgIpc) is 2.33. The van der Waals surface area contributed by atoms with Crippen molar-refractivity contribution in [2.75, 3.05) is 11.9 Å². The van der Waals surface area contributed by atoms with Gasteiger partial charge in [-0.05, 0) is 24.5 Å². The molecule has 0 aliphatic heterocycles. The minimum Gasteiger partial charge on any atom is -0.385 e. The molecule has 0 aromatic carbocycles. The van der Waals surface area contributed by atoms with Crippen LogP contribution in [0.2, 0.25) is 0 Å². The Bertz CT molecular complexity index is 326. The van der Waals surface area contributed by atoms with E-state index >= 15 is 0 Å². The van der Waals surface area contributed by atoms with Crippen molar-refractivity contribution in [2.24, 2.45) is 5.92 Å². The summed E-state index contributed by atoms with van der Waals surface area (Å²) < 4.78 is 0. The second-order valence-corrected chi connectivity index (χ2v) is 6.09. The molecule has 0 amide bonds. The van der Waals surface area contributed by atoms with Crippen LogP contribution in [0, 0.1) is 5.92 Å². The average molecular weight is 252 g/mol. The van der Waals surface area contributed by atoms with Crippen LogP contribution in [-0.4, -0.2) is 16.8 Å². The fraction of sp³-hybridized carbons (Fsp3) is 0.643.